The summed E-state index contributed by atoms with van der Waals surface area (Å²) >= 11 is 5.61. The molecule has 0 unspecified atom stereocenters. The van der Waals surface area contributed by atoms with E-state index in [-0.39, 0.29) is 17.4 Å². The van der Waals surface area contributed by atoms with E-state index in [0.29, 0.717) is 5.76 Å². The van der Waals surface area contributed by atoms with Gasteiger partial charge in [0, 0.05) is 6.07 Å². The van der Waals surface area contributed by atoms with Crippen molar-refractivity contribution in [1.82, 2.24) is 14.7 Å². The third kappa shape index (κ3) is 1.92. The van der Waals surface area contributed by atoms with E-state index in [9.17, 15) is 4.79 Å². The van der Waals surface area contributed by atoms with Crippen molar-refractivity contribution in [3.8, 4) is 0 Å². The summed E-state index contributed by atoms with van der Waals surface area (Å²) in [6.07, 6.45) is 1.32. The zero-order chi connectivity index (χ0) is 11.7. The summed E-state index contributed by atoms with van der Waals surface area (Å²) in [4.78, 5) is 15.4. The number of anilines is 1. The number of nitrogens with two attached hydrogens (primary N) is 1. The van der Waals surface area contributed by atoms with E-state index in [1.54, 1.807) is 13.0 Å². The summed E-state index contributed by atoms with van der Waals surface area (Å²) in [7, 11) is 0. The molecule has 0 saturated heterocycles. The number of hydrogen-bond acceptors (Lipinski definition) is 5. The predicted molar refractivity (Wildman–Crippen MR) is 58.3 cm³/mol. The van der Waals surface area contributed by atoms with Crippen molar-refractivity contribution in [2.45, 2.75) is 13.5 Å². The SMILES string of the molecule is Cc1cc(Cn2cnc(Cl)c(N)c2=O)on1. The van der Waals surface area contributed by atoms with E-state index in [1.165, 1.54) is 10.9 Å². The first kappa shape index (κ1) is 10.7. The maximum Gasteiger partial charge on any atom is 0.278 e. The molecular formula is C9H9ClN4O2. The van der Waals surface area contributed by atoms with Gasteiger partial charge in [-0.3, -0.25) is 9.36 Å². The van der Waals surface area contributed by atoms with Crippen molar-refractivity contribution in [3.63, 3.8) is 0 Å². The minimum atomic E-state index is -0.394. The van der Waals surface area contributed by atoms with Gasteiger partial charge in [-0.2, -0.15) is 0 Å². The summed E-state index contributed by atoms with van der Waals surface area (Å²) < 4.78 is 6.29. The van der Waals surface area contributed by atoms with Crippen LogP contribution in [-0.2, 0) is 6.54 Å². The Kier molecular flexibility index (Phi) is 2.66. The third-order valence-corrected chi connectivity index (χ3v) is 2.33. The van der Waals surface area contributed by atoms with Gasteiger partial charge in [0.15, 0.2) is 10.9 Å². The summed E-state index contributed by atoms with van der Waals surface area (Å²) in [5, 5.41) is 3.72. The molecule has 7 heteroatoms. The zero-order valence-electron chi connectivity index (χ0n) is 8.48. The Hall–Kier alpha value is -1.82. The molecular weight excluding hydrogens is 232 g/mol. The van der Waals surface area contributed by atoms with Gasteiger partial charge in [0.2, 0.25) is 0 Å². The van der Waals surface area contributed by atoms with Crippen LogP contribution in [0.2, 0.25) is 5.15 Å². The van der Waals surface area contributed by atoms with Gasteiger partial charge in [0.05, 0.1) is 18.6 Å². The molecule has 0 radical (unpaired) electrons. The molecule has 0 bridgehead atoms. The van der Waals surface area contributed by atoms with E-state index in [2.05, 4.69) is 10.1 Å². The monoisotopic (exact) mass is 240 g/mol. The number of nitrogens with zero attached hydrogens (tertiary/aromatic N) is 3. The van der Waals surface area contributed by atoms with Crippen LogP contribution in [0.3, 0.4) is 0 Å². The van der Waals surface area contributed by atoms with Crippen molar-refractivity contribution in [3.05, 3.63) is 39.4 Å². The second kappa shape index (κ2) is 3.97. The van der Waals surface area contributed by atoms with Crippen LogP contribution in [0.1, 0.15) is 11.5 Å². The Morgan fingerprint density at radius 1 is 1.62 bits per heavy atom. The molecule has 16 heavy (non-hydrogen) atoms. The fourth-order valence-corrected chi connectivity index (χ4v) is 1.38. The first-order valence-corrected chi connectivity index (χ1v) is 4.88. The maximum atomic E-state index is 11.7. The Bertz CT molecular complexity index is 575. The van der Waals surface area contributed by atoms with E-state index in [4.69, 9.17) is 21.9 Å². The molecule has 0 fully saturated rings. The molecule has 2 N–H and O–H groups in total. The Balaban J connectivity index is 2.36. The number of halogens is 1. The summed E-state index contributed by atoms with van der Waals surface area (Å²) in [6.45, 7) is 2.03. The molecule has 0 aliphatic rings. The zero-order valence-corrected chi connectivity index (χ0v) is 9.23. The van der Waals surface area contributed by atoms with Gasteiger partial charge < -0.3 is 10.3 Å². The smallest absolute Gasteiger partial charge is 0.278 e. The van der Waals surface area contributed by atoms with E-state index >= 15 is 0 Å². The van der Waals surface area contributed by atoms with Gasteiger partial charge in [-0.25, -0.2) is 4.98 Å². The fourth-order valence-electron chi connectivity index (χ4n) is 1.26. The van der Waals surface area contributed by atoms with Crippen molar-refractivity contribution >= 4 is 17.3 Å². The first-order valence-electron chi connectivity index (χ1n) is 4.50. The normalized spacial score (nSPS) is 10.6. The van der Waals surface area contributed by atoms with Crippen molar-refractivity contribution in [1.29, 1.82) is 0 Å². The van der Waals surface area contributed by atoms with Crippen LogP contribution in [0.15, 0.2) is 21.7 Å². The molecule has 2 heterocycles. The quantitative estimate of drug-likeness (QED) is 0.786. The van der Waals surface area contributed by atoms with E-state index < -0.39 is 5.56 Å². The molecule has 0 amide bonds. The lowest BCUT2D eigenvalue weighted by atomic mass is 10.4. The third-order valence-electron chi connectivity index (χ3n) is 2.03. The lowest BCUT2D eigenvalue weighted by molar-refractivity contribution is 0.371. The van der Waals surface area contributed by atoms with Crippen LogP contribution in [0.25, 0.3) is 0 Å². The van der Waals surface area contributed by atoms with E-state index in [1.807, 2.05) is 0 Å². The molecule has 6 nitrogen and oxygen atoms in total. The first-order chi connectivity index (χ1) is 7.58. The average Bonchev–Trinajstić information content (AvgIpc) is 2.65. The predicted octanol–water partition coefficient (Wildman–Crippen LogP) is 0.824. The van der Waals surface area contributed by atoms with Crippen molar-refractivity contribution < 1.29 is 4.52 Å². The van der Waals surface area contributed by atoms with Crippen molar-refractivity contribution in [2.75, 3.05) is 5.73 Å². The largest absolute Gasteiger partial charge is 0.392 e. The highest BCUT2D eigenvalue weighted by Gasteiger charge is 2.08. The molecule has 0 aromatic carbocycles. The molecule has 2 aromatic heterocycles. The Morgan fingerprint density at radius 2 is 2.38 bits per heavy atom. The highest BCUT2D eigenvalue weighted by molar-refractivity contribution is 6.31. The second-order valence-corrected chi connectivity index (χ2v) is 3.67. The molecule has 0 atom stereocenters. The molecule has 0 saturated carbocycles. The molecule has 0 aliphatic heterocycles. The van der Waals surface area contributed by atoms with Crippen LogP contribution in [0, 0.1) is 6.92 Å². The van der Waals surface area contributed by atoms with Crippen LogP contribution in [-0.4, -0.2) is 14.7 Å². The van der Waals surface area contributed by atoms with Crippen LogP contribution in [0.5, 0.6) is 0 Å². The number of rotatable bonds is 2. The number of nitrogen functional groups attached to an aromatic ring is 1. The lowest BCUT2D eigenvalue weighted by Crippen LogP contribution is -2.24. The Morgan fingerprint density at radius 3 is 3.00 bits per heavy atom. The van der Waals surface area contributed by atoms with E-state index in [0.717, 1.165) is 5.69 Å². The Labute approximate surface area is 95.6 Å². The number of aromatic nitrogens is 3. The maximum absolute atomic E-state index is 11.7. The minimum Gasteiger partial charge on any atom is -0.392 e. The average molecular weight is 241 g/mol. The van der Waals surface area contributed by atoms with Gasteiger partial charge in [-0.05, 0) is 6.92 Å². The summed E-state index contributed by atoms with van der Waals surface area (Å²) in [5.74, 6) is 0.558. The van der Waals surface area contributed by atoms with Crippen LogP contribution < -0.4 is 11.3 Å². The fraction of sp³-hybridized carbons (Fsp3) is 0.222. The molecule has 0 spiro atoms. The van der Waals surface area contributed by atoms with Gasteiger partial charge in [0.25, 0.3) is 5.56 Å². The van der Waals surface area contributed by atoms with Gasteiger partial charge in [-0.15, -0.1) is 0 Å². The van der Waals surface area contributed by atoms with Gasteiger partial charge in [-0.1, -0.05) is 16.8 Å². The molecule has 84 valence electrons. The second-order valence-electron chi connectivity index (χ2n) is 3.32. The molecule has 2 rings (SSSR count). The standard InChI is InChI=1S/C9H9ClN4O2/c1-5-2-6(16-13-5)3-14-4-12-8(10)7(11)9(14)15/h2,4H,3,11H2,1H3. The lowest BCUT2D eigenvalue weighted by Gasteiger charge is -2.03. The summed E-state index contributed by atoms with van der Waals surface area (Å²) in [6, 6.07) is 1.73. The molecule has 0 aliphatic carbocycles. The summed E-state index contributed by atoms with van der Waals surface area (Å²) in [5.41, 5.74) is 5.75. The minimum absolute atomic E-state index is 0.00926. The van der Waals surface area contributed by atoms with Gasteiger partial charge >= 0.3 is 0 Å². The van der Waals surface area contributed by atoms with Crippen molar-refractivity contribution in [2.24, 2.45) is 0 Å². The number of hydrogen-bond donors (Lipinski definition) is 1. The topological polar surface area (TPSA) is 86.9 Å². The number of aryl methyl sites for hydroxylation is 1. The van der Waals surface area contributed by atoms with Gasteiger partial charge in [0.1, 0.15) is 5.69 Å². The highest BCUT2D eigenvalue weighted by atomic mass is 35.5. The van der Waals surface area contributed by atoms with Crippen LogP contribution in [0.4, 0.5) is 5.69 Å². The molecule has 2 aromatic rings. The van der Waals surface area contributed by atoms with Crippen LogP contribution >= 0.6 is 11.6 Å². The highest BCUT2D eigenvalue weighted by Crippen LogP contribution is 2.09.